The van der Waals surface area contributed by atoms with Crippen LogP contribution in [0.4, 0.5) is 0 Å². The van der Waals surface area contributed by atoms with Crippen molar-refractivity contribution >= 4 is 39.5 Å². The molecule has 3 unspecified atom stereocenters. The summed E-state index contributed by atoms with van der Waals surface area (Å²) < 4.78 is 68.1. The zero-order valence-electron chi connectivity index (χ0n) is 55.6. The van der Waals surface area contributed by atoms with Crippen LogP contribution < -0.4 is 0 Å². The van der Waals surface area contributed by atoms with Crippen molar-refractivity contribution in [3.8, 4) is 0 Å². The number of phosphoric acid groups is 2. The Hall–Kier alpha value is -1.94. The highest BCUT2D eigenvalue weighted by molar-refractivity contribution is 7.47. The molecule has 0 aromatic carbocycles. The van der Waals surface area contributed by atoms with Gasteiger partial charge in [0.05, 0.1) is 26.4 Å². The first-order chi connectivity index (χ1) is 41.4. The Labute approximate surface area is 524 Å². The molecule has 0 heterocycles. The summed E-state index contributed by atoms with van der Waals surface area (Å²) in [6.45, 7) is 9.46. The van der Waals surface area contributed by atoms with E-state index in [4.69, 9.17) is 37.0 Å². The number of carbonyl (C=O) groups excluding carboxylic acids is 4. The molecule has 0 aliphatic heterocycles. The lowest BCUT2D eigenvalue weighted by molar-refractivity contribution is -0.161. The third-order valence-corrected chi connectivity index (χ3v) is 17.7. The minimum absolute atomic E-state index is 0.105. The van der Waals surface area contributed by atoms with Crippen molar-refractivity contribution in [1.82, 2.24) is 0 Å². The Balaban J connectivity index is 5.24. The number of carbonyl (C=O) groups is 4. The summed E-state index contributed by atoms with van der Waals surface area (Å²) in [5.41, 5.74) is 0. The van der Waals surface area contributed by atoms with Gasteiger partial charge < -0.3 is 33.8 Å². The van der Waals surface area contributed by atoms with E-state index in [9.17, 15) is 43.2 Å². The lowest BCUT2D eigenvalue weighted by atomic mass is 9.99. The molecular formula is C67H130O17P2. The topological polar surface area (TPSA) is 237 Å². The van der Waals surface area contributed by atoms with E-state index in [-0.39, 0.29) is 25.7 Å². The van der Waals surface area contributed by atoms with Crippen molar-refractivity contribution in [2.24, 2.45) is 11.8 Å². The first kappa shape index (κ1) is 84.1. The highest BCUT2D eigenvalue weighted by Crippen LogP contribution is 2.45. The largest absolute Gasteiger partial charge is 0.472 e. The minimum atomic E-state index is -4.95. The van der Waals surface area contributed by atoms with Crippen LogP contribution >= 0.6 is 15.6 Å². The first-order valence-electron chi connectivity index (χ1n) is 35.0. The standard InChI is InChI=1S/C67H130O17P2/c1-7-10-12-14-16-18-20-21-22-27-30-37-43-49-64(69)77-55-62(83-67(72)52-46-40-32-28-24-23-25-29-36-42-48-60(6)9-3)57-81-85(73,74)79-53-61(68)54-80-86(75,76)82-58-63(56-78-65(70)50-44-38-34-33-35-41-47-59(4)5)84-66(71)51-45-39-31-26-19-17-15-13-11-8-2/h59-63,68H,7-58H2,1-6H3,(H,73,74)(H,75,76)/t60?,61-,62-,63-/m1/s1. The molecule has 510 valence electrons. The van der Waals surface area contributed by atoms with Crippen LogP contribution in [0.1, 0.15) is 337 Å². The number of phosphoric ester groups is 2. The molecule has 0 radical (unpaired) electrons. The van der Waals surface area contributed by atoms with Crippen LogP contribution in [0.25, 0.3) is 0 Å². The van der Waals surface area contributed by atoms with Crippen LogP contribution in [0.2, 0.25) is 0 Å². The summed E-state index contributed by atoms with van der Waals surface area (Å²) in [5, 5.41) is 10.6. The highest BCUT2D eigenvalue weighted by atomic mass is 31.2. The van der Waals surface area contributed by atoms with E-state index in [1.165, 1.54) is 148 Å². The smallest absolute Gasteiger partial charge is 0.462 e. The highest BCUT2D eigenvalue weighted by Gasteiger charge is 2.30. The van der Waals surface area contributed by atoms with Crippen LogP contribution in [0.5, 0.6) is 0 Å². The Morgan fingerprint density at radius 2 is 0.593 bits per heavy atom. The molecule has 0 amide bonds. The minimum Gasteiger partial charge on any atom is -0.462 e. The van der Waals surface area contributed by atoms with Crippen LogP contribution in [-0.4, -0.2) is 96.7 Å². The molecule has 0 aromatic rings. The third-order valence-electron chi connectivity index (χ3n) is 15.8. The van der Waals surface area contributed by atoms with Crippen molar-refractivity contribution in [2.75, 3.05) is 39.6 Å². The Morgan fingerprint density at radius 1 is 0.337 bits per heavy atom. The van der Waals surface area contributed by atoms with Crippen molar-refractivity contribution in [2.45, 2.75) is 355 Å². The predicted molar refractivity (Wildman–Crippen MR) is 345 cm³/mol. The van der Waals surface area contributed by atoms with Gasteiger partial charge in [0.2, 0.25) is 0 Å². The number of aliphatic hydroxyl groups excluding tert-OH is 1. The van der Waals surface area contributed by atoms with Crippen molar-refractivity contribution < 1.29 is 80.2 Å². The summed E-state index contributed by atoms with van der Waals surface area (Å²) in [7, 11) is -9.89. The number of unbranched alkanes of at least 4 members (excludes halogenated alkanes) is 35. The lowest BCUT2D eigenvalue weighted by Gasteiger charge is -2.21. The van der Waals surface area contributed by atoms with E-state index in [2.05, 4.69) is 41.5 Å². The van der Waals surface area contributed by atoms with Crippen molar-refractivity contribution in [3.63, 3.8) is 0 Å². The molecule has 0 fully saturated rings. The summed E-state index contributed by atoms with van der Waals surface area (Å²) >= 11 is 0. The zero-order chi connectivity index (χ0) is 63.6. The average molecular weight is 1270 g/mol. The SMILES string of the molecule is CCCCCCCCCCCCCCCC(=O)OC[C@H](COP(=O)(O)OC[C@@H](O)COP(=O)(O)OC[C@@H](COC(=O)CCCCCCCCC(C)C)OC(=O)CCCCCCCCCCCC)OC(=O)CCCCCCCCCCCCC(C)CC. The van der Waals surface area contributed by atoms with E-state index < -0.39 is 97.5 Å². The van der Waals surface area contributed by atoms with E-state index in [1.807, 2.05) is 0 Å². The van der Waals surface area contributed by atoms with Crippen molar-refractivity contribution in [3.05, 3.63) is 0 Å². The third kappa shape index (κ3) is 59.7. The molecule has 0 aliphatic carbocycles. The fourth-order valence-corrected chi connectivity index (χ4v) is 11.6. The number of esters is 4. The van der Waals surface area contributed by atoms with Gasteiger partial charge in [-0.25, -0.2) is 9.13 Å². The van der Waals surface area contributed by atoms with Gasteiger partial charge in [-0.2, -0.15) is 0 Å². The molecule has 0 spiro atoms. The molecule has 86 heavy (non-hydrogen) atoms. The van der Waals surface area contributed by atoms with Gasteiger partial charge in [-0.15, -0.1) is 0 Å². The molecule has 19 heteroatoms. The Kier molecular flexibility index (Phi) is 58.0. The summed E-state index contributed by atoms with van der Waals surface area (Å²) in [5.74, 6) is -0.647. The Bertz CT molecular complexity index is 1690. The number of rotatable bonds is 66. The van der Waals surface area contributed by atoms with Crippen LogP contribution in [0.3, 0.4) is 0 Å². The first-order valence-corrected chi connectivity index (χ1v) is 38.0. The maximum absolute atomic E-state index is 13.0. The predicted octanol–water partition coefficient (Wildman–Crippen LogP) is 18.8. The number of hydrogen-bond donors (Lipinski definition) is 3. The maximum Gasteiger partial charge on any atom is 0.472 e. The monoisotopic (exact) mass is 1270 g/mol. The summed E-state index contributed by atoms with van der Waals surface area (Å²) in [6, 6.07) is 0. The lowest BCUT2D eigenvalue weighted by Crippen LogP contribution is -2.30. The number of aliphatic hydroxyl groups is 1. The van der Waals surface area contributed by atoms with E-state index in [1.54, 1.807) is 0 Å². The fourth-order valence-electron chi connectivity index (χ4n) is 10.0. The van der Waals surface area contributed by atoms with Gasteiger partial charge in [-0.3, -0.25) is 37.3 Å². The fraction of sp³-hybridized carbons (Fsp3) is 0.940. The summed E-state index contributed by atoms with van der Waals surface area (Å²) in [6.07, 6.45) is 43.0. The molecule has 0 aliphatic rings. The molecule has 0 rings (SSSR count). The molecule has 6 atom stereocenters. The van der Waals surface area contributed by atoms with Gasteiger partial charge in [0.15, 0.2) is 12.2 Å². The second-order valence-corrected chi connectivity index (χ2v) is 27.8. The number of hydrogen-bond acceptors (Lipinski definition) is 15. The van der Waals surface area contributed by atoms with E-state index in [0.717, 1.165) is 102 Å². The van der Waals surface area contributed by atoms with Gasteiger partial charge >= 0.3 is 39.5 Å². The Morgan fingerprint density at radius 3 is 0.884 bits per heavy atom. The van der Waals surface area contributed by atoms with Gasteiger partial charge in [-0.1, -0.05) is 286 Å². The quantitative estimate of drug-likeness (QED) is 0.0222. The average Bonchev–Trinajstić information content (AvgIpc) is 3.59. The van der Waals surface area contributed by atoms with Crippen LogP contribution in [0.15, 0.2) is 0 Å². The van der Waals surface area contributed by atoms with E-state index >= 15 is 0 Å². The van der Waals surface area contributed by atoms with Gasteiger partial charge in [0.1, 0.15) is 19.3 Å². The molecule has 3 N–H and O–H groups in total. The second-order valence-electron chi connectivity index (χ2n) is 24.9. The zero-order valence-corrected chi connectivity index (χ0v) is 57.4. The molecular weight excluding hydrogens is 1140 g/mol. The molecule has 17 nitrogen and oxygen atoms in total. The van der Waals surface area contributed by atoms with E-state index in [0.29, 0.717) is 31.6 Å². The second kappa shape index (κ2) is 59.4. The molecule has 0 aromatic heterocycles. The molecule has 0 saturated heterocycles. The van der Waals surface area contributed by atoms with Crippen LogP contribution in [-0.2, 0) is 65.4 Å². The normalized spacial score (nSPS) is 14.5. The van der Waals surface area contributed by atoms with Crippen LogP contribution in [0, 0.1) is 11.8 Å². The molecule has 0 bridgehead atoms. The number of ether oxygens (including phenoxy) is 4. The summed E-state index contributed by atoms with van der Waals surface area (Å²) in [4.78, 5) is 72.3. The van der Waals surface area contributed by atoms with Gasteiger partial charge in [-0.05, 0) is 37.5 Å². The van der Waals surface area contributed by atoms with Crippen molar-refractivity contribution in [1.29, 1.82) is 0 Å². The van der Waals surface area contributed by atoms with Gasteiger partial charge in [0, 0.05) is 25.7 Å². The van der Waals surface area contributed by atoms with Gasteiger partial charge in [0.25, 0.3) is 0 Å². The molecule has 0 saturated carbocycles. The maximum atomic E-state index is 13.0.